The van der Waals surface area contributed by atoms with Crippen LogP contribution in [-0.4, -0.2) is 47.6 Å². The molecule has 0 spiro atoms. The van der Waals surface area contributed by atoms with Gasteiger partial charge in [0.1, 0.15) is 18.1 Å². The maximum atomic E-state index is 12.9. The van der Waals surface area contributed by atoms with Gasteiger partial charge in [0.05, 0.1) is 18.2 Å². The second-order valence-electron chi connectivity index (χ2n) is 8.88. The van der Waals surface area contributed by atoms with Crippen LogP contribution >= 0.6 is 0 Å². The van der Waals surface area contributed by atoms with Crippen molar-refractivity contribution in [3.63, 3.8) is 0 Å². The van der Waals surface area contributed by atoms with Crippen LogP contribution in [0, 0.1) is 0 Å². The number of hydrogen-bond donors (Lipinski definition) is 3. The standard InChI is InChI=1S/C26H25F3N4O5/c27-26(28,29)24(36)38-33-22(34)14-25(10-12-30-13-11-25)32-23(35)21-9-8-19(15-31-21)37-16-18-6-3-5-17-4-1-2-7-20(17)18/h1-9,15,30H,10-14,16H2,(H,32,35)(H,33,34). The first kappa shape index (κ1) is 26.9. The highest BCUT2D eigenvalue weighted by Gasteiger charge is 2.42. The molecule has 9 nitrogen and oxygen atoms in total. The van der Waals surface area contributed by atoms with Crippen LogP contribution in [0.15, 0.2) is 60.8 Å². The van der Waals surface area contributed by atoms with Gasteiger partial charge in [-0.3, -0.25) is 9.59 Å². The van der Waals surface area contributed by atoms with E-state index in [-0.39, 0.29) is 5.69 Å². The summed E-state index contributed by atoms with van der Waals surface area (Å²) in [5, 5.41) is 8.05. The number of carbonyl (C=O) groups excluding carboxylic acids is 3. The van der Waals surface area contributed by atoms with Crippen molar-refractivity contribution in [2.24, 2.45) is 0 Å². The van der Waals surface area contributed by atoms with Crippen molar-refractivity contribution in [3.05, 3.63) is 72.1 Å². The first-order chi connectivity index (χ1) is 18.2. The third-order valence-corrected chi connectivity index (χ3v) is 6.17. The average Bonchev–Trinajstić information content (AvgIpc) is 2.90. The van der Waals surface area contributed by atoms with Gasteiger partial charge in [0.25, 0.3) is 11.8 Å². The summed E-state index contributed by atoms with van der Waals surface area (Å²) in [7, 11) is 0. The molecule has 2 amide bonds. The number of alkyl halides is 3. The number of amides is 2. The first-order valence-electron chi connectivity index (χ1n) is 11.8. The van der Waals surface area contributed by atoms with E-state index < -0.39 is 35.9 Å². The second-order valence-corrected chi connectivity index (χ2v) is 8.88. The van der Waals surface area contributed by atoms with Crippen molar-refractivity contribution in [2.75, 3.05) is 13.1 Å². The predicted molar refractivity (Wildman–Crippen MR) is 130 cm³/mol. The van der Waals surface area contributed by atoms with Crippen molar-refractivity contribution in [1.29, 1.82) is 0 Å². The SMILES string of the molecule is O=C(CC1(NC(=O)c2ccc(OCc3cccc4ccccc34)cn2)CCNCC1)NOC(=O)C(F)(F)F. The lowest BCUT2D eigenvalue weighted by molar-refractivity contribution is -0.207. The zero-order chi connectivity index (χ0) is 27.2. The second kappa shape index (κ2) is 11.5. The molecule has 0 radical (unpaired) electrons. The Bertz CT molecular complexity index is 1300. The van der Waals surface area contributed by atoms with Crippen molar-refractivity contribution >= 4 is 28.6 Å². The highest BCUT2D eigenvalue weighted by atomic mass is 19.4. The van der Waals surface area contributed by atoms with Gasteiger partial charge in [0.2, 0.25) is 0 Å². The highest BCUT2D eigenvalue weighted by Crippen LogP contribution is 2.24. The van der Waals surface area contributed by atoms with E-state index in [1.165, 1.54) is 17.7 Å². The van der Waals surface area contributed by atoms with Gasteiger partial charge < -0.3 is 20.2 Å². The van der Waals surface area contributed by atoms with Crippen LogP contribution in [0.25, 0.3) is 10.8 Å². The summed E-state index contributed by atoms with van der Waals surface area (Å²) in [5.41, 5.74) is 1.51. The lowest BCUT2D eigenvalue weighted by atomic mass is 9.84. The molecular formula is C26H25F3N4O5. The van der Waals surface area contributed by atoms with Gasteiger partial charge in [0, 0.05) is 0 Å². The van der Waals surface area contributed by atoms with Crippen LogP contribution < -0.4 is 20.9 Å². The fraction of sp³-hybridized carbons (Fsp3) is 0.308. The predicted octanol–water partition coefficient (Wildman–Crippen LogP) is 3.19. The zero-order valence-corrected chi connectivity index (χ0v) is 20.1. The molecular weight excluding hydrogens is 505 g/mol. The molecule has 200 valence electrons. The number of fused-ring (bicyclic) bond motifs is 1. The molecule has 0 bridgehead atoms. The van der Waals surface area contributed by atoms with E-state index in [0.29, 0.717) is 38.3 Å². The fourth-order valence-electron chi connectivity index (χ4n) is 4.24. The van der Waals surface area contributed by atoms with Crippen LogP contribution in [0.3, 0.4) is 0 Å². The number of aromatic nitrogens is 1. The van der Waals surface area contributed by atoms with E-state index >= 15 is 0 Å². The van der Waals surface area contributed by atoms with E-state index in [1.54, 1.807) is 6.07 Å². The van der Waals surface area contributed by atoms with E-state index in [0.717, 1.165) is 16.3 Å². The molecule has 2 heterocycles. The molecule has 0 atom stereocenters. The van der Waals surface area contributed by atoms with Crippen molar-refractivity contribution in [1.82, 2.24) is 21.1 Å². The normalized spacial score (nSPS) is 14.9. The Morgan fingerprint density at radius 3 is 2.45 bits per heavy atom. The number of piperidine rings is 1. The Balaban J connectivity index is 1.37. The topological polar surface area (TPSA) is 119 Å². The summed E-state index contributed by atoms with van der Waals surface area (Å²) in [5.74, 6) is -3.62. The van der Waals surface area contributed by atoms with Crippen molar-refractivity contribution < 1.29 is 37.1 Å². The molecule has 3 N–H and O–H groups in total. The molecule has 0 saturated carbocycles. The molecule has 1 saturated heterocycles. The minimum atomic E-state index is -5.25. The summed E-state index contributed by atoms with van der Waals surface area (Å²) in [6.07, 6.45) is -3.57. The van der Waals surface area contributed by atoms with Gasteiger partial charge in [0.15, 0.2) is 0 Å². The maximum Gasteiger partial charge on any atom is 0.493 e. The van der Waals surface area contributed by atoms with E-state index in [2.05, 4.69) is 20.5 Å². The minimum absolute atomic E-state index is 0.0734. The van der Waals surface area contributed by atoms with Crippen LogP contribution in [-0.2, 0) is 21.0 Å². The summed E-state index contributed by atoms with van der Waals surface area (Å²) in [4.78, 5) is 44.0. The van der Waals surface area contributed by atoms with Gasteiger partial charge in [-0.05, 0) is 54.4 Å². The smallest absolute Gasteiger partial charge is 0.487 e. The molecule has 0 unspecified atom stereocenters. The molecule has 1 aromatic heterocycles. The van der Waals surface area contributed by atoms with Crippen molar-refractivity contribution in [2.45, 2.75) is 37.6 Å². The number of carbonyl (C=O) groups is 3. The number of pyridine rings is 1. The third-order valence-electron chi connectivity index (χ3n) is 6.17. The van der Waals surface area contributed by atoms with Crippen LogP contribution in [0.5, 0.6) is 5.75 Å². The van der Waals surface area contributed by atoms with Crippen LogP contribution in [0.4, 0.5) is 13.2 Å². The van der Waals surface area contributed by atoms with Crippen LogP contribution in [0.1, 0.15) is 35.3 Å². The van der Waals surface area contributed by atoms with Crippen molar-refractivity contribution in [3.8, 4) is 5.75 Å². The monoisotopic (exact) mass is 530 g/mol. The van der Waals surface area contributed by atoms with Gasteiger partial charge in [-0.2, -0.15) is 18.7 Å². The number of nitrogens with zero attached hydrogens (tertiary/aromatic N) is 1. The number of ether oxygens (including phenoxy) is 1. The maximum absolute atomic E-state index is 12.9. The number of benzene rings is 2. The van der Waals surface area contributed by atoms with Gasteiger partial charge in [-0.25, -0.2) is 9.78 Å². The van der Waals surface area contributed by atoms with Gasteiger partial charge in [-0.1, -0.05) is 42.5 Å². The molecule has 3 aromatic rings. The first-order valence-corrected chi connectivity index (χ1v) is 11.8. The Morgan fingerprint density at radius 2 is 1.74 bits per heavy atom. The Hall–Kier alpha value is -4.19. The number of hydroxylamine groups is 1. The van der Waals surface area contributed by atoms with E-state index in [4.69, 9.17) is 4.74 Å². The quantitative estimate of drug-likeness (QED) is 0.402. The third kappa shape index (κ3) is 6.76. The van der Waals surface area contributed by atoms with Gasteiger partial charge >= 0.3 is 12.1 Å². The molecule has 38 heavy (non-hydrogen) atoms. The number of rotatable bonds is 7. The summed E-state index contributed by atoms with van der Waals surface area (Å²) in [6.45, 7) is 1.23. The lowest BCUT2D eigenvalue weighted by Gasteiger charge is -2.37. The summed E-state index contributed by atoms with van der Waals surface area (Å²) >= 11 is 0. The van der Waals surface area contributed by atoms with E-state index in [9.17, 15) is 27.6 Å². The average molecular weight is 531 g/mol. The molecule has 4 rings (SSSR count). The molecule has 1 aliphatic heterocycles. The lowest BCUT2D eigenvalue weighted by Crippen LogP contribution is -2.56. The Kier molecular flexibility index (Phi) is 8.10. The Labute approximate surface area is 215 Å². The molecule has 1 aliphatic rings. The molecule has 2 aromatic carbocycles. The van der Waals surface area contributed by atoms with Crippen LogP contribution in [0.2, 0.25) is 0 Å². The zero-order valence-electron chi connectivity index (χ0n) is 20.1. The molecule has 0 aliphatic carbocycles. The number of hydrogen-bond acceptors (Lipinski definition) is 7. The Morgan fingerprint density at radius 1 is 1.00 bits per heavy atom. The highest BCUT2D eigenvalue weighted by molar-refractivity contribution is 5.93. The molecule has 1 fully saturated rings. The largest absolute Gasteiger partial charge is 0.493 e. The van der Waals surface area contributed by atoms with E-state index in [1.807, 2.05) is 42.5 Å². The minimum Gasteiger partial charge on any atom is -0.487 e. The fourth-order valence-corrected chi connectivity index (χ4v) is 4.24. The number of nitrogens with one attached hydrogen (secondary N) is 3. The summed E-state index contributed by atoms with van der Waals surface area (Å²) < 4.78 is 42.8. The number of halogens is 3. The molecule has 12 heteroatoms. The summed E-state index contributed by atoms with van der Waals surface area (Å²) in [6, 6.07) is 17.0. The van der Waals surface area contributed by atoms with Gasteiger partial charge in [-0.15, -0.1) is 0 Å².